The summed E-state index contributed by atoms with van der Waals surface area (Å²) < 4.78 is 0. The van der Waals surface area contributed by atoms with Crippen molar-refractivity contribution in [3.63, 3.8) is 0 Å². The highest BCUT2D eigenvalue weighted by Crippen LogP contribution is 2.40. The van der Waals surface area contributed by atoms with Crippen LogP contribution in [0.4, 0.5) is 0 Å². The number of phenolic OH excluding ortho intramolecular Hbond substituents is 1. The Labute approximate surface area is 222 Å². The highest BCUT2D eigenvalue weighted by atomic mass is 16.3. The minimum atomic E-state index is -0.932. The summed E-state index contributed by atoms with van der Waals surface area (Å²) in [5, 5.41) is 35.4. The largest absolute Gasteiger partial charge is 0.508 e. The van der Waals surface area contributed by atoms with Crippen molar-refractivity contribution in [1.82, 2.24) is 15.5 Å². The molecule has 0 aromatic heterocycles. The van der Waals surface area contributed by atoms with E-state index < -0.39 is 30.1 Å². The second kappa shape index (κ2) is 13.4. The Bertz CT molecular complexity index is 998. The molecule has 1 aliphatic carbocycles. The lowest BCUT2D eigenvalue weighted by atomic mass is 9.83. The number of nitrogens with one attached hydrogen (secondary N) is 2. The number of nitrogens with two attached hydrogens (primary N) is 2. The number of carbonyl (C=O) groups is 3. The van der Waals surface area contributed by atoms with Crippen LogP contribution in [0.3, 0.4) is 0 Å². The van der Waals surface area contributed by atoms with Gasteiger partial charge < -0.3 is 42.3 Å². The van der Waals surface area contributed by atoms with Gasteiger partial charge in [-0.2, -0.15) is 0 Å². The molecule has 3 rings (SSSR count). The topological polar surface area (TPSA) is 204 Å². The SMILES string of the molecule is CC(=O)N[C@@H](Cc1ccc(O)cc1)C(=O)N1[C@H](C(=O)NC(CO)CCCN=C(N)N)C[C@@H]2CCC(O)C[C@@H]21. The number of hydrogen-bond acceptors (Lipinski definition) is 7. The molecule has 6 atom stereocenters. The maximum atomic E-state index is 14.0. The molecular formula is C26H40N6O6. The number of guanidine groups is 1. The Morgan fingerprint density at radius 2 is 1.84 bits per heavy atom. The van der Waals surface area contributed by atoms with Gasteiger partial charge in [-0.3, -0.25) is 19.4 Å². The van der Waals surface area contributed by atoms with Crippen LogP contribution >= 0.6 is 0 Å². The number of aliphatic imine (C=N–C) groups is 1. The van der Waals surface area contributed by atoms with E-state index in [1.165, 1.54) is 24.0 Å². The van der Waals surface area contributed by atoms with Crippen molar-refractivity contribution in [3.8, 4) is 5.75 Å². The van der Waals surface area contributed by atoms with Crippen LogP contribution < -0.4 is 22.1 Å². The molecule has 2 unspecified atom stereocenters. The number of amides is 3. The number of carbonyl (C=O) groups excluding carboxylic acids is 3. The predicted molar refractivity (Wildman–Crippen MR) is 141 cm³/mol. The Morgan fingerprint density at radius 1 is 1.13 bits per heavy atom. The average Bonchev–Trinajstić information content (AvgIpc) is 3.24. The van der Waals surface area contributed by atoms with E-state index in [0.717, 1.165) is 5.56 Å². The van der Waals surface area contributed by atoms with E-state index in [1.807, 2.05) is 0 Å². The molecule has 9 N–H and O–H groups in total. The highest BCUT2D eigenvalue weighted by Gasteiger charge is 2.50. The van der Waals surface area contributed by atoms with E-state index in [-0.39, 0.29) is 48.5 Å². The van der Waals surface area contributed by atoms with Crippen molar-refractivity contribution in [2.45, 2.75) is 82.1 Å². The number of hydrogen-bond donors (Lipinski definition) is 7. The number of phenols is 1. The molecule has 0 bridgehead atoms. The van der Waals surface area contributed by atoms with Crippen molar-refractivity contribution in [2.24, 2.45) is 22.4 Å². The van der Waals surface area contributed by atoms with Crippen LogP contribution in [0, 0.1) is 5.92 Å². The van der Waals surface area contributed by atoms with Crippen LogP contribution in [0.2, 0.25) is 0 Å². The number of rotatable bonds is 11. The number of aliphatic hydroxyl groups excluding tert-OH is 2. The molecule has 12 heteroatoms. The minimum absolute atomic E-state index is 0.0273. The quantitative estimate of drug-likeness (QED) is 0.108. The van der Waals surface area contributed by atoms with E-state index in [1.54, 1.807) is 12.1 Å². The van der Waals surface area contributed by atoms with Crippen LogP contribution in [-0.2, 0) is 20.8 Å². The van der Waals surface area contributed by atoms with Crippen molar-refractivity contribution in [1.29, 1.82) is 0 Å². The standard InChI is InChI=1S/C26H40N6O6/c1-15(34)30-21(11-16-4-7-19(35)8-5-16)25(38)32-22-13-20(36)9-6-17(22)12-23(32)24(37)31-18(14-33)3-2-10-29-26(27)28/h4-5,7-8,17-18,20-23,33,35-36H,2-3,6,9-14H2,1H3,(H,30,34)(H,31,37)(H4,27,28,29)/t17-,18?,20?,21-,22-,23-/m0/s1. The monoisotopic (exact) mass is 532 g/mol. The van der Waals surface area contributed by atoms with Gasteiger partial charge >= 0.3 is 0 Å². The Kier molecular flexibility index (Phi) is 10.3. The first-order valence-corrected chi connectivity index (χ1v) is 13.1. The zero-order valence-electron chi connectivity index (χ0n) is 21.8. The molecule has 210 valence electrons. The van der Waals surface area contributed by atoms with Crippen molar-refractivity contribution in [2.75, 3.05) is 13.2 Å². The summed E-state index contributed by atoms with van der Waals surface area (Å²) >= 11 is 0. The number of aromatic hydroxyl groups is 1. The summed E-state index contributed by atoms with van der Waals surface area (Å²) in [6.45, 7) is 1.40. The molecule has 0 spiro atoms. The van der Waals surface area contributed by atoms with Gasteiger partial charge in [0.1, 0.15) is 17.8 Å². The second-order valence-corrected chi connectivity index (χ2v) is 10.3. The predicted octanol–water partition coefficient (Wildman–Crippen LogP) is -0.899. The zero-order chi connectivity index (χ0) is 27.8. The van der Waals surface area contributed by atoms with Gasteiger partial charge in [0.05, 0.1) is 18.8 Å². The maximum absolute atomic E-state index is 14.0. The number of benzene rings is 1. The van der Waals surface area contributed by atoms with Gasteiger partial charge in [0.15, 0.2) is 5.96 Å². The molecule has 1 heterocycles. The normalized spacial score (nSPS) is 24.1. The summed E-state index contributed by atoms with van der Waals surface area (Å²) in [5.41, 5.74) is 11.4. The molecule has 3 amide bonds. The number of nitrogens with zero attached hydrogens (tertiary/aromatic N) is 2. The number of aliphatic hydroxyl groups is 2. The third-order valence-corrected chi connectivity index (χ3v) is 7.33. The van der Waals surface area contributed by atoms with Crippen LogP contribution in [0.25, 0.3) is 0 Å². The first kappa shape index (κ1) is 29.2. The molecule has 1 aromatic rings. The van der Waals surface area contributed by atoms with Gasteiger partial charge in [0.2, 0.25) is 17.7 Å². The summed E-state index contributed by atoms with van der Waals surface area (Å²) in [7, 11) is 0. The van der Waals surface area contributed by atoms with E-state index in [2.05, 4.69) is 15.6 Å². The van der Waals surface area contributed by atoms with Crippen LogP contribution in [0.1, 0.15) is 51.0 Å². The fourth-order valence-corrected chi connectivity index (χ4v) is 5.53. The molecule has 38 heavy (non-hydrogen) atoms. The molecule has 1 saturated heterocycles. The second-order valence-electron chi connectivity index (χ2n) is 10.3. The van der Waals surface area contributed by atoms with Crippen molar-refractivity contribution in [3.05, 3.63) is 29.8 Å². The number of likely N-dealkylation sites (tertiary alicyclic amines) is 1. The molecule has 2 aliphatic rings. The van der Waals surface area contributed by atoms with Crippen LogP contribution in [-0.4, -0.2) is 87.3 Å². The van der Waals surface area contributed by atoms with Gasteiger partial charge in [-0.15, -0.1) is 0 Å². The number of fused-ring (bicyclic) bond motifs is 1. The maximum Gasteiger partial charge on any atom is 0.246 e. The summed E-state index contributed by atoms with van der Waals surface area (Å²) in [4.78, 5) is 44.9. The lowest BCUT2D eigenvalue weighted by Gasteiger charge is -2.37. The first-order valence-electron chi connectivity index (χ1n) is 13.1. The third-order valence-electron chi connectivity index (χ3n) is 7.33. The minimum Gasteiger partial charge on any atom is -0.508 e. The van der Waals surface area contributed by atoms with Gasteiger partial charge in [0.25, 0.3) is 0 Å². The van der Waals surface area contributed by atoms with Crippen LogP contribution in [0.15, 0.2) is 29.3 Å². The summed E-state index contributed by atoms with van der Waals surface area (Å²) in [6, 6.07) is 3.75. The molecule has 2 fully saturated rings. The van der Waals surface area contributed by atoms with Crippen molar-refractivity contribution >= 4 is 23.7 Å². The average molecular weight is 533 g/mol. The molecular weight excluding hydrogens is 492 g/mol. The van der Waals surface area contributed by atoms with E-state index in [0.29, 0.717) is 45.1 Å². The van der Waals surface area contributed by atoms with E-state index >= 15 is 0 Å². The Hall–Kier alpha value is -3.38. The van der Waals surface area contributed by atoms with Gasteiger partial charge in [0, 0.05) is 25.9 Å². The lowest BCUT2D eigenvalue weighted by molar-refractivity contribution is -0.144. The molecule has 12 nitrogen and oxygen atoms in total. The van der Waals surface area contributed by atoms with Crippen LogP contribution in [0.5, 0.6) is 5.75 Å². The van der Waals surface area contributed by atoms with E-state index in [9.17, 15) is 29.7 Å². The first-order chi connectivity index (χ1) is 18.1. The van der Waals surface area contributed by atoms with E-state index in [4.69, 9.17) is 11.5 Å². The summed E-state index contributed by atoms with van der Waals surface area (Å²) in [6.07, 6.45) is 2.67. The zero-order valence-corrected chi connectivity index (χ0v) is 21.8. The molecule has 1 saturated carbocycles. The Balaban J connectivity index is 1.81. The fraction of sp³-hybridized carbons (Fsp3) is 0.615. The third kappa shape index (κ3) is 7.81. The Morgan fingerprint density at radius 3 is 2.47 bits per heavy atom. The molecule has 1 aliphatic heterocycles. The van der Waals surface area contributed by atoms with Crippen molar-refractivity contribution < 1.29 is 29.7 Å². The van der Waals surface area contributed by atoms with Gasteiger partial charge in [-0.1, -0.05) is 12.1 Å². The fourth-order valence-electron chi connectivity index (χ4n) is 5.53. The van der Waals surface area contributed by atoms with Gasteiger partial charge in [-0.25, -0.2) is 0 Å². The van der Waals surface area contributed by atoms with Gasteiger partial charge in [-0.05, 0) is 62.1 Å². The highest BCUT2D eigenvalue weighted by molar-refractivity contribution is 5.93. The smallest absolute Gasteiger partial charge is 0.246 e. The molecule has 1 aromatic carbocycles. The molecule has 0 radical (unpaired) electrons. The lowest BCUT2D eigenvalue weighted by Crippen LogP contribution is -2.58. The summed E-state index contributed by atoms with van der Waals surface area (Å²) in [5.74, 6) is -1.07.